The Labute approximate surface area is 175 Å². The van der Waals surface area contributed by atoms with Crippen LogP contribution in [-0.4, -0.2) is 54.9 Å². The average molecular weight is 422 g/mol. The van der Waals surface area contributed by atoms with Gasteiger partial charge in [-0.05, 0) is 36.8 Å². The van der Waals surface area contributed by atoms with Crippen LogP contribution in [0.4, 0.5) is 0 Å². The molecule has 2 aliphatic heterocycles. The van der Waals surface area contributed by atoms with Crippen LogP contribution in [0.2, 0.25) is 0 Å². The molecule has 1 spiro atoms. The maximum absolute atomic E-state index is 13.3. The quantitative estimate of drug-likeness (QED) is 0.735. The number of hydrogen-bond donors (Lipinski definition) is 1. The van der Waals surface area contributed by atoms with Crippen molar-refractivity contribution in [1.82, 2.24) is 14.5 Å². The van der Waals surface area contributed by atoms with Gasteiger partial charge in [-0.3, -0.25) is 10.1 Å². The first-order valence-corrected chi connectivity index (χ1v) is 12.3. The van der Waals surface area contributed by atoms with Crippen molar-refractivity contribution in [1.29, 1.82) is 0 Å². The summed E-state index contributed by atoms with van der Waals surface area (Å²) in [6, 6.07) is 8.43. The number of hydrogen-bond acceptors (Lipinski definition) is 4. The molecule has 2 fully saturated rings. The lowest BCUT2D eigenvalue weighted by molar-refractivity contribution is -0.134. The molecule has 0 unspecified atom stereocenters. The summed E-state index contributed by atoms with van der Waals surface area (Å²) in [5.41, 5.74) is -0.433. The van der Waals surface area contributed by atoms with Gasteiger partial charge in [0.2, 0.25) is 15.9 Å². The Bertz CT molecular complexity index is 804. The van der Waals surface area contributed by atoms with Crippen LogP contribution in [0.1, 0.15) is 53.4 Å². The molecule has 0 radical (unpaired) electrons. The number of benzene rings is 1. The van der Waals surface area contributed by atoms with Gasteiger partial charge in [0.05, 0.1) is 16.6 Å². The van der Waals surface area contributed by atoms with Crippen molar-refractivity contribution in [2.75, 3.05) is 19.6 Å². The van der Waals surface area contributed by atoms with E-state index in [0.717, 1.165) is 19.4 Å². The zero-order chi connectivity index (χ0) is 21.2. The maximum atomic E-state index is 13.3. The third kappa shape index (κ3) is 4.23. The number of rotatable bonds is 7. The minimum absolute atomic E-state index is 0.179. The first kappa shape index (κ1) is 22.2. The minimum Gasteiger partial charge on any atom is -0.323 e. The fourth-order valence-electron chi connectivity index (χ4n) is 4.39. The standard InChI is InChI=1S/C22H35N3O3S/c1-5-17(3)16-25-21(26)20(18(4)6-2)23-22(25)12-14-24(15-13-22)29(27,28)19-10-8-7-9-11-19/h7-11,17-18,20,23H,5-6,12-16H2,1-4H3/t17-,18+,20-/m0/s1. The fraction of sp³-hybridized carbons (Fsp3) is 0.682. The van der Waals surface area contributed by atoms with Crippen LogP contribution < -0.4 is 5.32 Å². The van der Waals surface area contributed by atoms with Crippen LogP contribution in [0.25, 0.3) is 0 Å². The Morgan fingerprint density at radius 1 is 1.10 bits per heavy atom. The van der Waals surface area contributed by atoms with Gasteiger partial charge in [0.25, 0.3) is 0 Å². The van der Waals surface area contributed by atoms with Crippen molar-refractivity contribution in [2.24, 2.45) is 11.8 Å². The Morgan fingerprint density at radius 3 is 2.28 bits per heavy atom. The SMILES string of the molecule is CC[C@H](C)CN1C(=O)[C@H]([C@H](C)CC)NC12CCN(S(=O)(=O)c1ccccc1)CC2. The number of piperidine rings is 1. The molecule has 0 aromatic heterocycles. The minimum atomic E-state index is -3.50. The van der Waals surface area contributed by atoms with Crippen molar-refractivity contribution < 1.29 is 13.2 Å². The second-order valence-electron chi connectivity index (χ2n) is 8.72. The van der Waals surface area contributed by atoms with E-state index in [1.54, 1.807) is 28.6 Å². The molecule has 2 aliphatic rings. The van der Waals surface area contributed by atoms with Crippen LogP contribution >= 0.6 is 0 Å². The fourth-order valence-corrected chi connectivity index (χ4v) is 5.85. The predicted molar refractivity (Wildman–Crippen MR) is 115 cm³/mol. The van der Waals surface area contributed by atoms with Crippen molar-refractivity contribution >= 4 is 15.9 Å². The molecule has 6 nitrogen and oxygen atoms in total. The van der Waals surface area contributed by atoms with Gasteiger partial charge in [0.15, 0.2) is 0 Å². The van der Waals surface area contributed by atoms with Crippen LogP contribution in [-0.2, 0) is 14.8 Å². The van der Waals surface area contributed by atoms with E-state index in [1.165, 1.54) is 0 Å². The van der Waals surface area contributed by atoms with Gasteiger partial charge in [-0.25, -0.2) is 8.42 Å². The summed E-state index contributed by atoms with van der Waals surface area (Å²) in [5.74, 6) is 0.853. The first-order chi connectivity index (χ1) is 13.7. The van der Waals surface area contributed by atoms with E-state index < -0.39 is 15.7 Å². The lowest BCUT2D eigenvalue weighted by atomic mass is 9.95. The summed E-state index contributed by atoms with van der Waals surface area (Å²) < 4.78 is 27.6. The van der Waals surface area contributed by atoms with Gasteiger partial charge in [0.1, 0.15) is 0 Å². The highest BCUT2D eigenvalue weighted by atomic mass is 32.2. The monoisotopic (exact) mass is 421 g/mol. The number of carbonyl (C=O) groups is 1. The number of nitrogens with zero attached hydrogens (tertiary/aromatic N) is 2. The van der Waals surface area contributed by atoms with Crippen LogP contribution in [0.3, 0.4) is 0 Å². The van der Waals surface area contributed by atoms with Crippen molar-refractivity contribution in [3.8, 4) is 0 Å². The lowest BCUT2D eigenvalue weighted by Gasteiger charge is -2.45. The molecule has 3 rings (SSSR count). The Morgan fingerprint density at radius 2 is 1.72 bits per heavy atom. The van der Waals surface area contributed by atoms with E-state index in [0.29, 0.717) is 36.7 Å². The molecule has 162 valence electrons. The normalized spacial score (nSPS) is 24.8. The van der Waals surface area contributed by atoms with Gasteiger partial charge in [-0.2, -0.15) is 4.31 Å². The van der Waals surface area contributed by atoms with Crippen LogP contribution in [0.5, 0.6) is 0 Å². The van der Waals surface area contributed by atoms with Gasteiger partial charge < -0.3 is 4.90 Å². The largest absolute Gasteiger partial charge is 0.323 e. The van der Waals surface area contributed by atoms with E-state index in [-0.39, 0.29) is 17.9 Å². The molecular weight excluding hydrogens is 386 g/mol. The molecule has 1 N–H and O–H groups in total. The van der Waals surface area contributed by atoms with E-state index in [1.807, 2.05) is 11.0 Å². The topological polar surface area (TPSA) is 69.7 Å². The van der Waals surface area contributed by atoms with Gasteiger partial charge in [-0.1, -0.05) is 58.7 Å². The molecule has 7 heteroatoms. The predicted octanol–water partition coefficient (Wildman–Crippen LogP) is 3.06. The van der Waals surface area contributed by atoms with Crippen LogP contribution in [0, 0.1) is 11.8 Å². The lowest BCUT2D eigenvalue weighted by Crippen LogP contribution is -2.60. The maximum Gasteiger partial charge on any atom is 0.243 e. The highest BCUT2D eigenvalue weighted by molar-refractivity contribution is 7.89. The molecule has 3 atom stereocenters. The molecule has 1 amide bonds. The molecule has 29 heavy (non-hydrogen) atoms. The molecule has 1 aromatic carbocycles. The Balaban J connectivity index is 1.81. The Hall–Kier alpha value is -1.44. The summed E-state index contributed by atoms with van der Waals surface area (Å²) in [6.07, 6.45) is 3.19. The summed E-state index contributed by atoms with van der Waals surface area (Å²) in [4.78, 5) is 15.6. The third-order valence-corrected chi connectivity index (χ3v) is 8.72. The average Bonchev–Trinajstić information content (AvgIpc) is 3.00. The molecule has 1 aromatic rings. The molecule has 0 bridgehead atoms. The van der Waals surface area contributed by atoms with Crippen LogP contribution in [0.15, 0.2) is 35.2 Å². The molecular formula is C22H35N3O3S. The van der Waals surface area contributed by atoms with Gasteiger partial charge in [-0.15, -0.1) is 0 Å². The zero-order valence-electron chi connectivity index (χ0n) is 18.1. The number of amides is 1. The highest BCUT2D eigenvalue weighted by Gasteiger charge is 2.53. The summed E-state index contributed by atoms with van der Waals surface area (Å²) in [5, 5.41) is 3.65. The number of sulfonamides is 1. The van der Waals surface area contributed by atoms with E-state index in [9.17, 15) is 13.2 Å². The summed E-state index contributed by atoms with van der Waals surface area (Å²) in [7, 11) is -3.50. The Kier molecular flexibility index (Phi) is 6.70. The second-order valence-corrected chi connectivity index (χ2v) is 10.7. The van der Waals surface area contributed by atoms with Crippen molar-refractivity contribution in [3.05, 3.63) is 30.3 Å². The van der Waals surface area contributed by atoms with Crippen molar-refractivity contribution in [3.63, 3.8) is 0 Å². The van der Waals surface area contributed by atoms with Gasteiger partial charge >= 0.3 is 0 Å². The second kappa shape index (κ2) is 8.74. The third-order valence-electron chi connectivity index (χ3n) is 6.81. The van der Waals surface area contributed by atoms with Gasteiger partial charge in [0, 0.05) is 19.6 Å². The molecule has 0 saturated carbocycles. The molecule has 2 heterocycles. The summed E-state index contributed by atoms with van der Waals surface area (Å²) in [6.45, 7) is 10.1. The molecule has 0 aliphatic carbocycles. The first-order valence-electron chi connectivity index (χ1n) is 10.9. The zero-order valence-corrected chi connectivity index (χ0v) is 18.9. The number of nitrogens with one attached hydrogen (secondary N) is 1. The van der Waals surface area contributed by atoms with Crippen molar-refractivity contribution in [2.45, 2.75) is 70.0 Å². The number of carbonyl (C=O) groups excluding carboxylic acids is 1. The summed E-state index contributed by atoms with van der Waals surface area (Å²) >= 11 is 0. The molecule has 2 saturated heterocycles. The highest BCUT2D eigenvalue weighted by Crippen LogP contribution is 2.37. The van der Waals surface area contributed by atoms with E-state index in [2.05, 4.69) is 33.0 Å². The van der Waals surface area contributed by atoms with E-state index >= 15 is 0 Å². The van der Waals surface area contributed by atoms with E-state index in [4.69, 9.17) is 0 Å². The smallest absolute Gasteiger partial charge is 0.243 e.